The van der Waals surface area contributed by atoms with Crippen molar-refractivity contribution in [3.05, 3.63) is 43.0 Å². The van der Waals surface area contributed by atoms with Crippen LogP contribution in [0.15, 0.2) is 47.9 Å². The molecule has 0 spiro atoms. The predicted molar refractivity (Wildman–Crippen MR) is 58.3 cm³/mol. The summed E-state index contributed by atoms with van der Waals surface area (Å²) in [4.78, 5) is 12.3. The molecule has 0 radical (unpaired) electrons. The van der Waals surface area contributed by atoms with Crippen LogP contribution in [0.1, 0.15) is 0 Å². The highest BCUT2D eigenvalue weighted by Gasteiger charge is 2.15. The molecule has 2 nitrogen and oxygen atoms in total. The highest BCUT2D eigenvalue weighted by atomic mass is 32.2. The second-order valence-electron chi connectivity index (χ2n) is 2.61. The van der Waals surface area contributed by atoms with Gasteiger partial charge in [-0.15, -0.1) is 18.3 Å². The van der Waals surface area contributed by atoms with Crippen LogP contribution in [0.5, 0.6) is 0 Å². The van der Waals surface area contributed by atoms with E-state index in [1.807, 2.05) is 30.3 Å². The number of rotatable bonds is 4. The SMILES string of the molecule is C=CC(Sc1ccccc1)C(=O)OC. The number of ether oxygens (including phenoxy) is 1. The van der Waals surface area contributed by atoms with Gasteiger partial charge in [0.05, 0.1) is 7.11 Å². The molecule has 0 fully saturated rings. The van der Waals surface area contributed by atoms with Gasteiger partial charge in [0, 0.05) is 4.90 Å². The fourth-order valence-corrected chi connectivity index (χ4v) is 1.85. The van der Waals surface area contributed by atoms with E-state index >= 15 is 0 Å². The fraction of sp³-hybridized carbons (Fsp3) is 0.182. The highest BCUT2D eigenvalue weighted by molar-refractivity contribution is 8.00. The summed E-state index contributed by atoms with van der Waals surface area (Å²) in [5, 5.41) is -0.331. The van der Waals surface area contributed by atoms with Crippen molar-refractivity contribution < 1.29 is 9.53 Å². The van der Waals surface area contributed by atoms with Crippen LogP contribution in [0.3, 0.4) is 0 Å². The van der Waals surface area contributed by atoms with Crippen LogP contribution < -0.4 is 0 Å². The third-order valence-corrected chi connectivity index (χ3v) is 2.84. The van der Waals surface area contributed by atoms with E-state index in [2.05, 4.69) is 11.3 Å². The molecular weight excluding hydrogens is 196 g/mol. The standard InChI is InChI=1S/C11H12O2S/c1-3-10(11(12)13-2)14-9-7-5-4-6-8-9/h3-8,10H,1H2,2H3. The van der Waals surface area contributed by atoms with Crippen molar-refractivity contribution in [1.82, 2.24) is 0 Å². The van der Waals surface area contributed by atoms with Crippen molar-refractivity contribution in [3.8, 4) is 0 Å². The largest absolute Gasteiger partial charge is 0.468 e. The van der Waals surface area contributed by atoms with Gasteiger partial charge in [-0.05, 0) is 12.1 Å². The van der Waals surface area contributed by atoms with Crippen LogP contribution >= 0.6 is 11.8 Å². The van der Waals surface area contributed by atoms with Gasteiger partial charge in [0.15, 0.2) is 0 Å². The number of hydrogen-bond acceptors (Lipinski definition) is 3. The first kappa shape index (κ1) is 10.9. The minimum atomic E-state index is -0.331. The zero-order chi connectivity index (χ0) is 10.4. The smallest absolute Gasteiger partial charge is 0.323 e. The van der Waals surface area contributed by atoms with Crippen LogP contribution in [-0.2, 0) is 9.53 Å². The molecule has 0 saturated carbocycles. The van der Waals surface area contributed by atoms with Gasteiger partial charge in [-0.1, -0.05) is 24.3 Å². The Morgan fingerprint density at radius 3 is 2.64 bits per heavy atom. The Kier molecular flexibility index (Phi) is 4.26. The zero-order valence-electron chi connectivity index (χ0n) is 7.97. The monoisotopic (exact) mass is 208 g/mol. The maximum absolute atomic E-state index is 11.2. The lowest BCUT2D eigenvalue weighted by molar-refractivity contribution is -0.139. The molecule has 0 amide bonds. The van der Waals surface area contributed by atoms with Crippen LogP contribution in [0, 0.1) is 0 Å². The molecule has 1 unspecified atom stereocenters. The van der Waals surface area contributed by atoms with Gasteiger partial charge in [0.25, 0.3) is 0 Å². The van der Waals surface area contributed by atoms with Gasteiger partial charge in [-0.3, -0.25) is 4.79 Å². The zero-order valence-corrected chi connectivity index (χ0v) is 8.79. The first-order chi connectivity index (χ1) is 6.77. The third-order valence-electron chi connectivity index (χ3n) is 1.65. The van der Waals surface area contributed by atoms with E-state index in [-0.39, 0.29) is 11.2 Å². The van der Waals surface area contributed by atoms with Crippen molar-refractivity contribution in [2.45, 2.75) is 10.1 Å². The Hall–Kier alpha value is -1.22. The number of hydrogen-bond donors (Lipinski definition) is 0. The van der Waals surface area contributed by atoms with Crippen molar-refractivity contribution in [3.63, 3.8) is 0 Å². The van der Waals surface area contributed by atoms with Gasteiger partial charge in [-0.2, -0.15) is 0 Å². The van der Waals surface area contributed by atoms with Crippen molar-refractivity contribution in [2.24, 2.45) is 0 Å². The second kappa shape index (κ2) is 5.50. The van der Waals surface area contributed by atoms with E-state index in [1.165, 1.54) is 18.9 Å². The lowest BCUT2D eigenvalue weighted by Crippen LogP contribution is -2.15. The molecule has 1 rings (SSSR count). The summed E-state index contributed by atoms with van der Waals surface area (Å²) in [6.45, 7) is 3.60. The van der Waals surface area contributed by atoms with Gasteiger partial charge in [0.2, 0.25) is 0 Å². The molecule has 0 aliphatic carbocycles. The number of benzene rings is 1. The van der Waals surface area contributed by atoms with E-state index in [0.717, 1.165) is 4.90 Å². The molecule has 1 aromatic rings. The van der Waals surface area contributed by atoms with Gasteiger partial charge >= 0.3 is 5.97 Å². The van der Waals surface area contributed by atoms with E-state index in [9.17, 15) is 4.79 Å². The lowest BCUT2D eigenvalue weighted by atomic mass is 10.4. The number of carbonyl (C=O) groups is 1. The van der Waals surface area contributed by atoms with Crippen molar-refractivity contribution in [1.29, 1.82) is 0 Å². The van der Waals surface area contributed by atoms with E-state index in [4.69, 9.17) is 0 Å². The number of thioether (sulfide) groups is 1. The second-order valence-corrected chi connectivity index (χ2v) is 3.83. The maximum atomic E-state index is 11.2. The molecule has 3 heteroatoms. The summed E-state index contributed by atoms with van der Waals surface area (Å²) in [5.41, 5.74) is 0. The first-order valence-electron chi connectivity index (χ1n) is 4.20. The molecule has 0 aliphatic heterocycles. The quantitative estimate of drug-likeness (QED) is 0.432. The Balaban J connectivity index is 2.66. The third kappa shape index (κ3) is 2.92. The Bertz CT molecular complexity index is 308. The minimum Gasteiger partial charge on any atom is -0.468 e. The topological polar surface area (TPSA) is 26.3 Å². The molecule has 14 heavy (non-hydrogen) atoms. The number of carbonyl (C=O) groups excluding carboxylic acids is 1. The first-order valence-corrected chi connectivity index (χ1v) is 5.08. The maximum Gasteiger partial charge on any atom is 0.323 e. The summed E-state index contributed by atoms with van der Waals surface area (Å²) in [7, 11) is 1.38. The molecule has 0 aromatic heterocycles. The average Bonchev–Trinajstić information content (AvgIpc) is 2.26. The van der Waals surface area contributed by atoms with E-state index < -0.39 is 0 Å². The average molecular weight is 208 g/mol. The molecule has 1 aromatic carbocycles. The molecule has 0 heterocycles. The summed E-state index contributed by atoms with van der Waals surface area (Å²) in [6.07, 6.45) is 1.59. The van der Waals surface area contributed by atoms with Crippen molar-refractivity contribution in [2.75, 3.05) is 7.11 Å². The molecule has 1 atom stereocenters. The van der Waals surface area contributed by atoms with Crippen LogP contribution in [-0.4, -0.2) is 18.3 Å². The van der Waals surface area contributed by atoms with Gasteiger partial charge in [0.1, 0.15) is 5.25 Å². The summed E-state index contributed by atoms with van der Waals surface area (Å²) in [5.74, 6) is -0.270. The summed E-state index contributed by atoms with van der Waals surface area (Å²) in [6, 6.07) is 9.69. The predicted octanol–water partition coefficient (Wildman–Crippen LogP) is 2.51. The summed E-state index contributed by atoms with van der Waals surface area (Å²) < 4.78 is 4.64. The summed E-state index contributed by atoms with van der Waals surface area (Å²) >= 11 is 1.43. The molecule has 0 aliphatic rings. The number of esters is 1. The Morgan fingerprint density at radius 1 is 1.50 bits per heavy atom. The van der Waals surface area contributed by atoms with Crippen LogP contribution in [0.25, 0.3) is 0 Å². The number of methoxy groups -OCH3 is 1. The van der Waals surface area contributed by atoms with Crippen LogP contribution in [0.4, 0.5) is 0 Å². The van der Waals surface area contributed by atoms with E-state index in [1.54, 1.807) is 6.08 Å². The lowest BCUT2D eigenvalue weighted by Gasteiger charge is -2.08. The minimum absolute atomic E-state index is 0.270. The molecular formula is C11H12O2S. The fourth-order valence-electron chi connectivity index (χ4n) is 0.954. The normalized spacial score (nSPS) is 11.8. The molecule has 0 bridgehead atoms. The highest BCUT2D eigenvalue weighted by Crippen LogP contribution is 2.24. The molecule has 0 N–H and O–H groups in total. The Morgan fingerprint density at radius 2 is 2.14 bits per heavy atom. The molecule has 74 valence electrons. The van der Waals surface area contributed by atoms with Crippen LogP contribution in [0.2, 0.25) is 0 Å². The van der Waals surface area contributed by atoms with Gasteiger partial charge < -0.3 is 4.74 Å². The Labute approximate surface area is 88.0 Å². The van der Waals surface area contributed by atoms with Crippen molar-refractivity contribution >= 4 is 17.7 Å². The molecule has 0 saturated heterocycles. The van der Waals surface area contributed by atoms with E-state index in [0.29, 0.717) is 0 Å². The van der Waals surface area contributed by atoms with Gasteiger partial charge in [-0.25, -0.2) is 0 Å².